The molecule has 21 heavy (non-hydrogen) atoms. The third-order valence-electron chi connectivity index (χ3n) is 3.66. The first kappa shape index (κ1) is 15.1. The summed E-state index contributed by atoms with van der Waals surface area (Å²) < 4.78 is 1.80. The van der Waals surface area contributed by atoms with Crippen LogP contribution in [0.1, 0.15) is 30.7 Å². The molecule has 0 spiro atoms. The van der Waals surface area contributed by atoms with Crippen molar-refractivity contribution in [3.05, 3.63) is 20.8 Å². The SMILES string of the molecule is CC(C)Cn1c(SCCO)nc2sc3c(c2c1=O)CCC3. The van der Waals surface area contributed by atoms with E-state index in [1.807, 2.05) is 0 Å². The molecule has 1 N–H and O–H groups in total. The number of rotatable bonds is 5. The Morgan fingerprint density at radius 2 is 2.24 bits per heavy atom. The van der Waals surface area contributed by atoms with Gasteiger partial charge in [-0.25, -0.2) is 4.98 Å². The second-order valence-corrected chi connectivity index (χ2v) is 7.96. The molecule has 114 valence electrons. The Morgan fingerprint density at radius 1 is 1.43 bits per heavy atom. The number of aliphatic hydroxyl groups excluding tert-OH is 1. The van der Waals surface area contributed by atoms with E-state index in [1.165, 1.54) is 22.2 Å². The lowest BCUT2D eigenvalue weighted by molar-refractivity contribution is 0.322. The Morgan fingerprint density at radius 3 is 2.95 bits per heavy atom. The molecule has 3 rings (SSSR count). The van der Waals surface area contributed by atoms with Gasteiger partial charge in [-0.1, -0.05) is 25.6 Å². The highest BCUT2D eigenvalue weighted by molar-refractivity contribution is 7.99. The highest BCUT2D eigenvalue weighted by atomic mass is 32.2. The van der Waals surface area contributed by atoms with Gasteiger partial charge >= 0.3 is 0 Å². The van der Waals surface area contributed by atoms with Crippen molar-refractivity contribution in [3.63, 3.8) is 0 Å². The van der Waals surface area contributed by atoms with Gasteiger partial charge < -0.3 is 5.11 Å². The second-order valence-electron chi connectivity index (χ2n) is 5.81. The maximum Gasteiger partial charge on any atom is 0.263 e. The van der Waals surface area contributed by atoms with E-state index in [-0.39, 0.29) is 12.2 Å². The fraction of sp³-hybridized carbons (Fsp3) is 0.600. The molecule has 0 bridgehead atoms. The first-order valence-corrected chi connectivity index (χ1v) is 9.20. The van der Waals surface area contributed by atoms with Crippen LogP contribution < -0.4 is 5.56 Å². The summed E-state index contributed by atoms with van der Waals surface area (Å²) in [6.07, 6.45) is 3.25. The van der Waals surface area contributed by atoms with Crippen molar-refractivity contribution in [3.8, 4) is 0 Å². The van der Waals surface area contributed by atoms with E-state index in [0.717, 1.165) is 34.6 Å². The number of aliphatic hydroxyl groups is 1. The third kappa shape index (κ3) is 2.76. The molecule has 0 unspecified atom stereocenters. The molecule has 0 amide bonds. The third-order valence-corrected chi connectivity index (χ3v) is 5.80. The van der Waals surface area contributed by atoms with Gasteiger partial charge in [0.2, 0.25) is 0 Å². The summed E-state index contributed by atoms with van der Waals surface area (Å²) in [5.74, 6) is 0.961. The summed E-state index contributed by atoms with van der Waals surface area (Å²) >= 11 is 3.14. The van der Waals surface area contributed by atoms with Gasteiger partial charge in [-0.2, -0.15) is 0 Å². The van der Waals surface area contributed by atoms with Crippen molar-refractivity contribution >= 4 is 33.3 Å². The van der Waals surface area contributed by atoms with Crippen LogP contribution in [0.3, 0.4) is 0 Å². The van der Waals surface area contributed by atoms with E-state index in [9.17, 15) is 4.79 Å². The minimum absolute atomic E-state index is 0.0984. The van der Waals surface area contributed by atoms with Gasteiger partial charge in [0.1, 0.15) is 4.83 Å². The highest BCUT2D eigenvalue weighted by Crippen LogP contribution is 2.35. The van der Waals surface area contributed by atoms with E-state index < -0.39 is 0 Å². The Balaban J connectivity index is 2.18. The number of aromatic nitrogens is 2. The molecule has 0 atom stereocenters. The number of aryl methyl sites for hydroxylation is 2. The van der Waals surface area contributed by atoms with Gasteiger partial charge in [-0.15, -0.1) is 11.3 Å². The van der Waals surface area contributed by atoms with Gasteiger partial charge in [0.15, 0.2) is 5.16 Å². The molecular formula is C15H20N2O2S2. The fourth-order valence-electron chi connectivity index (χ4n) is 2.83. The van der Waals surface area contributed by atoms with Gasteiger partial charge in [-0.05, 0) is 30.7 Å². The van der Waals surface area contributed by atoms with Crippen molar-refractivity contribution < 1.29 is 5.11 Å². The zero-order valence-corrected chi connectivity index (χ0v) is 14.0. The molecule has 1 aliphatic carbocycles. The van der Waals surface area contributed by atoms with Crippen LogP contribution in [0.15, 0.2) is 9.95 Å². The van der Waals surface area contributed by atoms with E-state index >= 15 is 0 Å². The molecule has 0 radical (unpaired) electrons. The molecule has 2 aromatic rings. The number of hydrogen-bond donors (Lipinski definition) is 1. The molecule has 6 heteroatoms. The molecular weight excluding hydrogens is 304 g/mol. The smallest absolute Gasteiger partial charge is 0.263 e. The van der Waals surface area contributed by atoms with Gasteiger partial charge in [0.25, 0.3) is 5.56 Å². The summed E-state index contributed by atoms with van der Waals surface area (Å²) in [5, 5.41) is 10.6. The lowest BCUT2D eigenvalue weighted by Crippen LogP contribution is -2.25. The molecule has 0 aromatic carbocycles. The molecule has 2 aromatic heterocycles. The molecule has 0 saturated carbocycles. The maximum absolute atomic E-state index is 12.9. The summed E-state index contributed by atoms with van der Waals surface area (Å²) in [6.45, 7) is 4.99. The van der Waals surface area contributed by atoms with Crippen molar-refractivity contribution in [2.75, 3.05) is 12.4 Å². The van der Waals surface area contributed by atoms with Crippen LogP contribution in [0.2, 0.25) is 0 Å². The van der Waals surface area contributed by atoms with Crippen LogP contribution in [0.5, 0.6) is 0 Å². The van der Waals surface area contributed by atoms with E-state index in [2.05, 4.69) is 13.8 Å². The normalized spacial score (nSPS) is 14.3. The van der Waals surface area contributed by atoms with Crippen molar-refractivity contribution in [1.82, 2.24) is 9.55 Å². The maximum atomic E-state index is 12.9. The zero-order valence-electron chi connectivity index (χ0n) is 12.4. The lowest BCUT2D eigenvalue weighted by atomic mass is 10.2. The largest absolute Gasteiger partial charge is 0.396 e. The molecule has 2 heterocycles. The summed E-state index contributed by atoms with van der Waals surface area (Å²) in [5.41, 5.74) is 1.34. The van der Waals surface area contributed by atoms with Crippen LogP contribution >= 0.6 is 23.1 Å². The van der Waals surface area contributed by atoms with Crippen molar-refractivity contribution in [2.45, 2.75) is 44.8 Å². The predicted octanol–water partition coefficient (Wildman–Crippen LogP) is 2.69. The predicted molar refractivity (Wildman–Crippen MR) is 88.6 cm³/mol. The van der Waals surface area contributed by atoms with Crippen molar-refractivity contribution in [1.29, 1.82) is 0 Å². The summed E-state index contributed by atoms with van der Waals surface area (Å²) in [4.78, 5) is 19.9. The number of thiophene rings is 1. The van der Waals surface area contributed by atoms with Gasteiger partial charge in [0.05, 0.1) is 12.0 Å². The van der Waals surface area contributed by atoms with Crippen LogP contribution in [0, 0.1) is 5.92 Å². The van der Waals surface area contributed by atoms with Crippen LogP contribution in [-0.4, -0.2) is 27.0 Å². The van der Waals surface area contributed by atoms with Crippen LogP contribution in [0.25, 0.3) is 10.2 Å². The summed E-state index contributed by atoms with van der Waals surface area (Å²) in [7, 11) is 0. The molecule has 4 nitrogen and oxygen atoms in total. The van der Waals surface area contributed by atoms with E-state index in [0.29, 0.717) is 18.2 Å². The minimum Gasteiger partial charge on any atom is -0.396 e. The first-order chi connectivity index (χ1) is 10.1. The number of hydrogen-bond acceptors (Lipinski definition) is 5. The quantitative estimate of drug-likeness (QED) is 0.679. The topological polar surface area (TPSA) is 55.1 Å². The first-order valence-electron chi connectivity index (χ1n) is 7.40. The monoisotopic (exact) mass is 324 g/mol. The second kappa shape index (κ2) is 6.10. The highest BCUT2D eigenvalue weighted by Gasteiger charge is 2.23. The Bertz CT molecular complexity index is 719. The number of nitrogens with zero attached hydrogens (tertiary/aromatic N) is 2. The van der Waals surface area contributed by atoms with Gasteiger partial charge in [0, 0.05) is 17.2 Å². The number of thioether (sulfide) groups is 1. The zero-order chi connectivity index (χ0) is 15.0. The summed E-state index contributed by atoms with van der Waals surface area (Å²) in [6, 6.07) is 0. The molecule has 1 aliphatic rings. The van der Waals surface area contributed by atoms with E-state index in [4.69, 9.17) is 10.1 Å². The molecule has 0 aliphatic heterocycles. The van der Waals surface area contributed by atoms with Crippen LogP contribution in [0.4, 0.5) is 0 Å². The van der Waals surface area contributed by atoms with Crippen molar-refractivity contribution in [2.24, 2.45) is 5.92 Å². The number of fused-ring (bicyclic) bond motifs is 3. The molecule has 0 fully saturated rings. The Labute approximate surface area is 132 Å². The standard InChI is InChI=1S/C15H20N2O2S2/c1-9(2)8-17-14(19)12-10-4-3-5-11(10)21-13(12)16-15(17)20-7-6-18/h9,18H,3-8H2,1-2H3. The minimum atomic E-state index is 0.0984. The van der Waals surface area contributed by atoms with Crippen LogP contribution in [-0.2, 0) is 19.4 Å². The van der Waals surface area contributed by atoms with Gasteiger partial charge in [-0.3, -0.25) is 9.36 Å². The average Bonchev–Trinajstić information content (AvgIpc) is 2.99. The fourth-order valence-corrected chi connectivity index (χ4v) is 4.88. The Kier molecular flexibility index (Phi) is 4.38. The average molecular weight is 324 g/mol. The lowest BCUT2D eigenvalue weighted by Gasteiger charge is -2.13. The van der Waals surface area contributed by atoms with E-state index in [1.54, 1.807) is 15.9 Å². The Hall–Kier alpha value is -0.850. The molecule has 0 saturated heterocycles.